The molecule has 2 aromatic rings. The zero-order valence-corrected chi connectivity index (χ0v) is 13.6. The summed E-state index contributed by atoms with van der Waals surface area (Å²) in [5.74, 6) is 0.458. The molecule has 2 rings (SSSR count). The first-order valence-electron chi connectivity index (χ1n) is 4.88. The van der Waals surface area contributed by atoms with Crippen LogP contribution in [0.3, 0.4) is 0 Å². The van der Waals surface area contributed by atoms with Crippen molar-refractivity contribution in [3.8, 4) is 0 Å². The predicted molar refractivity (Wildman–Crippen MR) is 73.8 cm³/mol. The Kier molecular flexibility index (Phi) is 4.12. The Balaban J connectivity index is 2.42. The third-order valence-electron chi connectivity index (χ3n) is 2.33. The summed E-state index contributed by atoms with van der Waals surface area (Å²) in [4.78, 5) is 0. The Morgan fingerprint density at radius 3 is 2.65 bits per heavy atom. The Hall–Kier alpha value is -0.110. The van der Waals surface area contributed by atoms with E-state index in [4.69, 9.17) is 4.42 Å². The standard InChI is InChI=1S/C10H9Br3N2O2/c1-2-15-8(6(12)4-14-15)9(16)7-3-5(11)10(13)17-7/h3-4,9,16H,2H2,1H3. The molecule has 0 amide bonds. The summed E-state index contributed by atoms with van der Waals surface area (Å²) in [6.07, 6.45) is 0.809. The van der Waals surface area contributed by atoms with Crippen molar-refractivity contribution in [2.75, 3.05) is 0 Å². The molecule has 1 N–H and O–H groups in total. The molecule has 2 heterocycles. The molecule has 0 saturated heterocycles. The van der Waals surface area contributed by atoms with E-state index in [1.165, 1.54) is 0 Å². The first kappa shape index (κ1) is 13.3. The zero-order chi connectivity index (χ0) is 12.6. The second-order valence-corrected chi connectivity index (χ2v) is 5.80. The number of hydrogen-bond donors (Lipinski definition) is 1. The van der Waals surface area contributed by atoms with E-state index in [0.29, 0.717) is 22.7 Å². The number of halogens is 3. The molecule has 0 fully saturated rings. The Labute approximate surface area is 123 Å². The number of rotatable bonds is 3. The molecule has 0 aliphatic heterocycles. The van der Waals surface area contributed by atoms with E-state index < -0.39 is 6.10 Å². The highest BCUT2D eigenvalue weighted by atomic mass is 79.9. The Morgan fingerprint density at radius 2 is 2.12 bits per heavy atom. The van der Waals surface area contributed by atoms with Gasteiger partial charge in [-0.25, -0.2) is 0 Å². The average Bonchev–Trinajstić information content (AvgIpc) is 2.82. The number of aliphatic hydroxyl groups excluding tert-OH is 1. The average molecular weight is 429 g/mol. The van der Waals surface area contributed by atoms with Gasteiger partial charge in [-0.1, -0.05) is 0 Å². The van der Waals surface area contributed by atoms with Crippen LogP contribution >= 0.6 is 47.8 Å². The molecule has 0 aliphatic rings. The highest BCUT2D eigenvalue weighted by Crippen LogP contribution is 2.34. The molecule has 17 heavy (non-hydrogen) atoms. The maximum atomic E-state index is 10.3. The van der Waals surface area contributed by atoms with Gasteiger partial charge in [-0.2, -0.15) is 5.10 Å². The van der Waals surface area contributed by atoms with Crippen LogP contribution in [0.2, 0.25) is 0 Å². The molecule has 4 nitrogen and oxygen atoms in total. The lowest BCUT2D eigenvalue weighted by molar-refractivity contribution is 0.176. The number of nitrogens with zero attached hydrogens (tertiary/aromatic N) is 2. The maximum Gasteiger partial charge on any atom is 0.183 e. The van der Waals surface area contributed by atoms with Crippen LogP contribution in [-0.4, -0.2) is 14.9 Å². The lowest BCUT2D eigenvalue weighted by Gasteiger charge is -2.10. The van der Waals surface area contributed by atoms with Crippen LogP contribution in [0.4, 0.5) is 0 Å². The van der Waals surface area contributed by atoms with Crippen molar-refractivity contribution >= 4 is 47.8 Å². The van der Waals surface area contributed by atoms with Gasteiger partial charge in [0.1, 0.15) is 5.76 Å². The van der Waals surface area contributed by atoms with Crippen LogP contribution in [0.15, 0.2) is 30.3 Å². The van der Waals surface area contributed by atoms with Crippen molar-refractivity contribution in [1.29, 1.82) is 0 Å². The molecule has 0 spiro atoms. The van der Waals surface area contributed by atoms with Gasteiger partial charge in [0.2, 0.25) is 0 Å². The van der Waals surface area contributed by atoms with Gasteiger partial charge in [-0.05, 0) is 60.8 Å². The fourth-order valence-electron chi connectivity index (χ4n) is 1.53. The maximum absolute atomic E-state index is 10.3. The van der Waals surface area contributed by atoms with E-state index in [1.54, 1.807) is 16.9 Å². The summed E-state index contributed by atoms with van der Waals surface area (Å²) in [7, 11) is 0. The monoisotopic (exact) mass is 426 g/mol. The first-order valence-corrected chi connectivity index (χ1v) is 7.26. The quantitative estimate of drug-likeness (QED) is 0.807. The van der Waals surface area contributed by atoms with E-state index in [9.17, 15) is 5.11 Å². The van der Waals surface area contributed by atoms with Crippen LogP contribution in [-0.2, 0) is 6.54 Å². The summed E-state index contributed by atoms with van der Waals surface area (Å²) in [5.41, 5.74) is 0.682. The molecular formula is C10H9Br3N2O2. The first-order chi connectivity index (χ1) is 8.04. The van der Waals surface area contributed by atoms with Crippen molar-refractivity contribution in [2.45, 2.75) is 19.6 Å². The van der Waals surface area contributed by atoms with Gasteiger partial charge in [0.25, 0.3) is 0 Å². The van der Waals surface area contributed by atoms with E-state index in [0.717, 1.165) is 8.95 Å². The minimum Gasteiger partial charge on any atom is -0.450 e. The summed E-state index contributed by atoms with van der Waals surface area (Å²) < 4.78 is 9.22. The normalized spacial score (nSPS) is 13.0. The van der Waals surface area contributed by atoms with Crippen molar-refractivity contribution in [3.05, 3.63) is 37.3 Å². The molecule has 0 aliphatic carbocycles. The number of hydrogen-bond acceptors (Lipinski definition) is 3. The fourth-order valence-corrected chi connectivity index (χ4v) is 2.65. The lowest BCUT2D eigenvalue weighted by atomic mass is 10.2. The van der Waals surface area contributed by atoms with Gasteiger partial charge in [-0.15, -0.1) is 0 Å². The van der Waals surface area contributed by atoms with Crippen molar-refractivity contribution in [2.24, 2.45) is 0 Å². The van der Waals surface area contributed by atoms with E-state index in [2.05, 4.69) is 52.9 Å². The van der Waals surface area contributed by atoms with Crippen molar-refractivity contribution in [1.82, 2.24) is 9.78 Å². The number of aromatic nitrogens is 2. The molecule has 0 radical (unpaired) electrons. The van der Waals surface area contributed by atoms with E-state index in [1.807, 2.05) is 6.92 Å². The number of furan rings is 1. The minimum absolute atomic E-state index is 0.458. The summed E-state index contributed by atoms with van der Waals surface area (Å²) >= 11 is 9.93. The SMILES string of the molecule is CCn1ncc(Br)c1C(O)c1cc(Br)c(Br)o1. The molecule has 7 heteroatoms. The smallest absolute Gasteiger partial charge is 0.183 e. The third kappa shape index (κ3) is 2.52. The molecular weight excluding hydrogens is 420 g/mol. The van der Waals surface area contributed by atoms with Gasteiger partial charge in [0.05, 0.1) is 20.8 Å². The van der Waals surface area contributed by atoms with Gasteiger partial charge in [-0.3, -0.25) is 4.68 Å². The molecule has 2 aromatic heterocycles. The van der Waals surface area contributed by atoms with E-state index >= 15 is 0 Å². The molecule has 0 aromatic carbocycles. The van der Waals surface area contributed by atoms with Crippen LogP contribution in [0.5, 0.6) is 0 Å². The van der Waals surface area contributed by atoms with Gasteiger partial charge >= 0.3 is 0 Å². The number of aryl methyl sites for hydroxylation is 1. The molecule has 0 bridgehead atoms. The molecule has 1 unspecified atom stereocenters. The summed E-state index contributed by atoms with van der Waals surface area (Å²) in [5, 5.41) is 14.4. The second-order valence-electron chi connectivity index (χ2n) is 3.37. The molecule has 92 valence electrons. The Bertz CT molecular complexity index is 516. The van der Waals surface area contributed by atoms with Crippen molar-refractivity contribution in [3.63, 3.8) is 0 Å². The summed E-state index contributed by atoms with van der Waals surface area (Å²) in [6.45, 7) is 2.64. The van der Waals surface area contributed by atoms with Crippen LogP contribution in [0, 0.1) is 0 Å². The molecule has 0 saturated carbocycles. The van der Waals surface area contributed by atoms with Crippen LogP contribution in [0.1, 0.15) is 24.5 Å². The topological polar surface area (TPSA) is 51.2 Å². The highest BCUT2D eigenvalue weighted by Gasteiger charge is 2.23. The van der Waals surface area contributed by atoms with Crippen molar-refractivity contribution < 1.29 is 9.52 Å². The van der Waals surface area contributed by atoms with E-state index in [-0.39, 0.29) is 0 Å². The lowest BCUT2D eigenvalue weighted by Crippen LogP contribution is -2.09. The molecule has 1 atom stereocenters. The largest absolute Gasteiger partial charge is 0.450 e. The third-order valence-corrected chi connectivity index (χ3v) is 4.65. The van der Waals surface area contributed by atoms with Gasteiger partial charge < -0.3 is 9.52 Å². The van der Waals surface area contributed by atoms with Gasteiger partial charge in [0, 0.05) is 6.54 Å². The van der Waals surface area contributed by atoms with Crippen LogP contribution in [0.25, 0.3) is 0 Å². The fraction of sp³-hybridized carbons (Fsp3) is 0.300. The summed E-state index contributed by atoms with van der Waals surface area (Å²) in [6, 6.07) is 1.73. The van der Waals surface area contributed by atoms with Crippen LogP contribution < -0.4 is 0 Å². The Morgan fingerprint density at radius 1 is 1.41 bits per heavy atom. The minimum atomic E-state index is -0.852. The highest BCUT2D eigenvalue weighted by molar-refractivity contribution is 9.13. The predicted octanol–water partition coefficient (Wildman–Crippen LogP) is 3.87. The second kappa shape index (κ2) is 5.26. The van der Waals surface area contributed by atoms with Gasteiger partial charge in [0.15, 0.2) is 10.8 Å². The zero-order valence-electron chi connectivity index (χ0n) is 8.82. The number of aliphatic hydroxyl groups is 1.